The lowest BCUT2D eigenvalue weighted by molar-refractivity contribution is -0.137. The lowest BCUT2D eigenvalue weighted by atomic mass is 9.84. The molecule has 43 heavy (non-hydrogen) atoms. The number of nitrogens with one attached hydrogen (secondary N) is 2. The first-order valence-electron chi connectivity index (χ1n) is 14.5. The largest absolute Gasteiger partial charge is 0.491 e. The summed E-state index contributed by atoms with van der Waals surface area (Å²) in [6, 6.07) is 7.47. The number of benzene rings is 2. The zero-order valence-electron chi connectivity index (χ0n) is 26.0. The molecule has 2 heterocycles. The maximum Gasteiger partial charge on any atom is 0.303 e. The number of carboxylic acid groups (broad SMARTS) is 1. The molecule has 2 aromatic rings. The molecule has 0 saturated carbocycles. The normalized spacial score (nSPS) is 14.3. The molecule has 10 nitrogen and oxygen atoms in total. The van der Waals surface area contributed by atoms with Crippen molar-refractivity contribution in [1.29, 1.82) is 5.41 Å². The van der Waals surface area contributed by atoms with E-state index >= 15 is 0 Å². The van der Waals surface area contributed by atoms with Gasteiger partial charge in [-0.2, -0.15) is 0 Å². The molecule has 3 N–H and O–H groups in total. The summed E-state index contributed by atoms with van der Waals surface area (Å²) in [5.41, 5.74) is 4.81. The Labute approximate surface area is 264 Å². The summed E-state index contributed by atoms with van der Waals surface area (Å²) in [5, 5.41) is 20.6. The number of amides is 1. The van der Waals surface area contributed by atoms with E-state index in [0.717, 1.165) is 48.4 Å². The van der Waals surface area contributed by atoms with Gasteiger partial charge in [0.05, 0.1) is 24.4 Å². The van der Waals surface area contributed by atoms with Gasteiger partial charge in [0.15, 0.2) is 5.78 Å². The number of aliphatic carboxylic acids is 1. The first kappa shape index (κ1) is 33.9. The van der Waals surface area contributed by atoms with Gasteiger partial charge in [0.25, 0.3) is 5.91 Å². The third-order valence-electron chi connectivity index (χ3n) is 7.87. The molecule has 0 aromatic heterocycles. The van der Waals surface area contributed by atoms with Crippen LogP contribution >= 0.6 is 17.0 Å². The first-order chi connectivity index (χ1) is 19.8. The minimum absolute atomic E-state index is 0. The van der Waals surface area contributed by atoms with Gasteiger partial charge in [-0.15, -0.1) is 17.0 Å². The van der Waals surface area contributed by atoms with Crippen molar-refractivity contribution in [3.8, 4) is 5.75 Å². The van der Waals surface area contributed by atoms with Gasteiger partial charge in [-0.1, -0.05) is 20.8 Å². The molecule has 1 fully saturated rings. The molecular formula is C32H44BrN5O5. The van der Waals surface area contributed by atoms with Crippen molar-refractivity contribution < 1.29 is 24.2 Å². The van der Waals surface area contributed by atoms with Crippen LogP contribution in [0.5, 0.6) is 5.75 Å². The van der Waals surface area contributed by atoms with E-state index in [0.29, 0.717) is 35.4 Å². The maximum atomic E-state index is 13.9. The molecule has 2 aromatic carbocycles. The van der Waals surface area contributed by atoms with Crippen LogP contribution in [0.25, 0.3) is 0 Å². The van der Waals surface area contributed by atoms with Crippen LogP contribution in [0.4, 0.5) is 11.4 Å². The van der Waals surface area contributed by atoms with Crippen molar-refractivity contribution >= 4 is 51.9 Å². The topological polar surface area (TPSA) is 126 Å². The summed E-state index contributed by atoms with van der Waals surface area (Å²) in [7, 11) is 5.33. The van der Waals surface area contributed by atoms with Crippen LogP contribution in [0.3, 0.4) is 0 Å². The van der Waals surface area contributed by atoms with Crippen LogP contribution in [0.15, 0.2) is 24.3 Å². The summed E-state index contributed by atoms with van der Waals surface area (Å²) in [5.74, 6) is -0.241. The number of ether oxygens (including phenoxy) is 1. The lowest BCUT2D eigenvalue weighted by Gasteiger charge is -2.30. The number of carbonyl (C=O) groups excluding carboxylic acids is 2. The second-order valence-electron chi connectivity index (χ2n) is 12.3. The molecule has 1 amide bonds. The van der Waals surface area contributed by atoms with E-state index in [1.807, 2.05) is 37.2 Å². The quantitative estimate of drug-likeness (QED) is 0.231. The number of rotatable bonds is 11. The van der Waals surface area contributed by atoms with Gasteiger partial charge >= 0.3 is 5.97 Å². The maximum absolute atomic E-state index is 13.9. The molecule has 0 spiro atoms. The average molecular weight is 659 g/mol. The number of hydrogen-bond donors (Lipinski definition) is 3. The van der Waals surface area contributed by atoms with Crippen LogP contribution in [0.1, 0.15) is 83.9 Å². The van der Waals surface area contributed by atoms with Crippen molar-refractivity contribution in [3.63, 3.8) is 0 Å². The molecule has 0 unspecified atom stereocenters. The molecule has 2 aliphatic rings. The van der Waals surface area contributed by atoms with Crippen molar-refractivity contribution in [2.24, 2.45) is 0 Å². The molecule has 0 aliphatic carbocycles. The minimum Gasteiger partial charge on any atom is -0.491 e. The third-order valence-corrected chi connectivity index (χ3v) is 7.87. The van der Waals surface area contributed by atoms with Gasteiger partial charge in [-0.05, 0) is 54.5 Å². The number of Topliss-reactive ketones (excluding diaryl/α,β-unsaturated/α-hetero) is 1. The van der Waals surface area contributed by atoms with Crippen LogP contribution in [0.2, 0.25) is 0 Å². The van der Waals surface area contributed by atoms with Crippen molar-refractivity contribution in [3.05, 3.63) is 52.1 Å². The molecular weight excluding hydrogens is 614 g/mol. The predicted molar refractivity (Wildman–Crippen MR) is 175 cm³/mol. The number of halogens is 1. The van der Waals surface area contributed by atoms with E-state index in [-0.39, 0.29) is 59.5 Å². The summed E-state index contributed by atoms with van der Waals surface area (Å²) in [4.78, 5) is 43.3. The highest BCUT2D eigenvalue weighted by molar-refractivity contribution is 8.93. The van der Waals surface area contributed by atoms with Gasteiger partial charge in [-0.25, -0.2) is 0 Å². The Morgan fingerprint density at radius 3 is 2.35 bits per heavy atom. The minimum atomic E-state index is -0.854. The second-order valence-corrected chi connectivity index (χ2v) is 12.3. The van der Waals surface area contributed by atoms with Gasteiger partial charge in [0.2, 0.25) is 0 Å². The molecule has 234 valence electrons. The highest BCUT2D eigenvalue weighted by atomic mass is 79.9. The fourth-order valence-corrected chi connectivity index (χ4v) is 5.60. The third kappa shape index (κ3) is 7.49. The molecule has 0 bridgehead atoms. The molecule has 1 saturated heterocycles. The van der Waals surface area contributed by atoms with Crippen molar-refractivity contribution in [2.75, 3.05) is 57.2 Å². The molecule has 0 atom stereocenters. The Kier molecular flexibility index (Phi) is 10.9. The highest BCUT2D eigenvalue weighted by Gasteiger charge is 2.31. The summed E-state index contributed by atoms with van der Waals surface area (Å²) >= 11 is 0. The number of fused-ring (bicyclic) bond motifs is 1. The Morgan fingerprint density at radius 2 is 1.77 bits per heavy atom. The average Bonchev–Trinajstić information content (AvgIpc) is 3.57. The van der Waals surface area contributed by atoms with Crippen LogP contribution in [-0.2, 0) is 16.8 Å². The number of nitrogens with zero attached hydrogens (tertiary/aromatic N) is 3. The molecule has 4 rings (SSSR count). The highest BCUT2D eigenvalue weighted by Crippen LogP contribution is 2.42. The van der Waals surface area contributed by atoms with Crippen LogP contribution < -0.4 is 19.9 Å². The van der Waals surface area contributed by atoms with E-state index in [1.54, 1.807) is 18.0 Å². The Bertz CT molecular complexity index is 1400. The van der Waals surface area contributed by atoms with Crippen molar-refractivity contribution in [2.45, 2.75) is 58.4 Å². The fraction of sp³-hybridized carbons (Fsp3) is 0.500. The summed E-state index contributed by atoms with van der Waals surface area (Å²) < 4.78 is 6.26. The van der Waals surface area contributed by atoms with Crippen molar-refractivity contribution in [1.82, 2.24) is 10.2 Å². The molecule has 0 radical (unpaired) electrons. The SMILES string of the molecule is Br.CNC(=O)c1cc2c(cc1N(C)C)CN(CC(=O)c1cc(N3CCCC3)c(OCCCC(=O)O)c(C(C)(C)C)c1)C2=N. The standard InChI is InChI=1S/C32H43N5O5.BrH/c1-32(2,3)24-14-20(15-26(36-11-7-8-12-36)29(24)42-13-9-10-28(39)40)27(38)19-37-18-21-16-25(35(5)6)23(31(41)34-4)17-22(21)30(37)33;/h14-17,33H,7-13,18-19H2,1-6H3,(H,34,41)(H,39,40);1H. The summed E-state index contributed by atoms with van der Waals surface area (Å²) in [6.07, 6.45) is 2.54. The number of carboxylic acids is 1. The van der Waals surface area contributed by atoms with E-state index in [2.05, 4.69) is 31.0 Å². The van der Waals surface area contributed by atoms with E-state index in [9.17, 15) is 14.4 Å². The monoisotopic (exact) mass is 657 g/mol. The number of anilines is 2. The zero-order valence-corrected chi connectivity index (χ0v) is 27.7. The Morgan fingerprint density at radius 1 is 1.09 bits per heavy atom. The van der Waals surface area contributed by atoms with Gasteiger partial charge < -0.3 is 29.9 Å². The number of amidine groups is 1. The fourth-order valence-electron chi connectivity index (χ4n) is 5.60. The van der Waals surface area contributed by atoms with Gasteiger partial charge in [0, 0.05) is 69.6 Å². The Balaban J connectivity index is 0.00000506. The second kappa shape index (κ2) is 13.8. The lowest BCUT2D eigenvalue weighted by Crippen LogP contribution is -2.31. The first-order valence-corrected chi connectivity index (χ1v) is 14.5. The van der Waals surface area contributed by atoms with Gasteiger partial charge in [0.1, 0.15) is 11.6 Å². The van der Waals surface area contributed by atoms with E-state index < -0.39 is 5.97 Å². The van der Waals surface area contributed by atoms with E-state index in [1.165, 1.54) is 0 Å². The van der Waals surface area contributed by atoms with Crippen LogP contribution in [-0.4, -0.2) is 80.9 Å². The number of ketones is 1. The summed E-state index contributed by atoms with van der Waals surface area (Å²) in [6.45, 7) is 8.67. The smallest absolute Gasteiger partial charge is 0.303 e. The van der Waals surface area contributed by atoms with Gasteiger partial charge in [-0.3, -0.25) is 19.8 Å². The van der Waals surface area contributed by atoms with Crippen LogP contribution in [0, 0.1) is 5.41 Å². The molecule has 2 aliphatic heterocycles. The number of carbonyl (C=O) groups is 3. The predicted octanol–water partition coefficient (Wildman–Crippen LogP) is 4.86. The zero-order chi connectivity index (χ0) is 30.8. The Hall–Kier alpha value is -3.60. The van der Waals surface area contributed by atoms with E-state index in [4.69, 9.17) is 15.3 Å². The molecule has 11 heteroatoms. The number of hydrogen-bond acceptors (Lipinski definition) is 7.